The molecule has 156 valence electrons. The Bertz CT molecular complexity index is 1080. The lowest BCUT2D eigenvalue weighted by molar-refractivity contribution is 0.144. The lowest BCUT2D eigenvalue weighted by Crippen LogP contribution is -2.26. The van der Waals surface area contributed by atoms with Crippen molar-refractivity contribution in [3.8, 4) is 23.0 Å². The van der Waals surface area contributed by atoms with Crippen molar-refractivity contribution in [3.05, 3.63) is 95.1 Å². The molecular weight excluding hydrogens is 384 g/mol. The predicted octanol–water partition coefficient (Wildman–Crippen LogP) is 4.69. The number of hydrogen-bond acceptors (Lipinski definition) is 3. The van der Waals surface area contributed by atoms with Crippen molar-refractivity contribution >= 4 is 6.09 Å². The Hall–Kier alpha value is -3.55. The second kappa shape index (κ2) is 9.97. The van der Waals surface area contributed by atoms with E-state index in [4.69, 9.17) is 4.74 Å². The molecule has 0 aromatic heterocycles. The number of carbonyl (C=O) groups is 1. The van der Waals surface area contributed by atoms with Gasteiger partial charge < -0.3 is 15.4 Å². The number of hydrogen-bond donors (Lipinski definition) is 2. The van der Waals surface area contributed by atoms with Crippen molar-refractivity contribution in [2.75, 3.05) is 19.7 Å². The number of rotatable bonds is 6. The molecule has 0 saturated heterocycles. The molecule has 3 aromatic rings. The highest BCUT2D eigenvalue weighted by atomic mass is 16.5. The minimum Gasteiger partial charge on any atom is -0.449 e. The molecule has 3 aromatic carbocycles. The molecule has 4 heteroatoms. The van der Waals surface area contributed by atoms with Gasteiger partial charge in [0.25, 0.3) is 0 Å². The Balaban J connectivity index is 1.31. The largest absolute Gasteiger partial charge is 0.449 e. The van der Waals surface area contributed by atoms with E-state index in [9.17, 15) is 4.79 Å². The van der Waals surface area contributed by atoms with Gasteiger partial charge in [-0.2, -0.15) is 0 Å². The Kier molecular flexibility index (Phi) is 6.66. The van der Waals surface area contributed by atoms with Gasteiger partial charge in [-0.3, -0.25) is 0 Å². The Morgan fingerprint density at radius 1 is 0.968 bits per heavy atom. The van der Waals surface area contributed by atoms with Gasteiger partial charge in [0.2, 0.25) is 0 Å². The minimum atomic E-state index is -0.447. The summed E-state index contributed by atoms with van der Waals surface area (Å²) in [6.45, 7) is 4.39. The fourth-order valence-electron chi connectivity index (χ4n) is 3.94. The summed E-state index contributed by atoms with van der Waals surface area (Å²) in [5.41, 5.74) is 6.97. The highest BCUT2D eigenvalue weighted by Gasteiger charge is 2.28. The van der Waals surface area contributed by atoms with E-state index >= 15 is 0 Å². The average Bonchev–Trinajstić information content (AvgIpc) is 3.13. The molecule has 1 aliphatic rings. The first-order valence-electron chi connectivity index (χ1n) is 10.6. The van der Waals surface area contributed by atoms with E-state index in [1.54, 1.807) is 0 Å². The van der Waals surface area contributed by atoms with Crippen molar-refractivity contribution in [1.29, 1.82) is 0 Å². The number of fused-ring (bicyclic) bond motifs is 3. The first-order valence-corrected chi connectivity index (χ1v) is 10.6. The van der Waals surface area contributed by atoms with Gasteiger partial charge in [0.15, 0.2) is 0 Å². The summed E-state index contributed by atoms with van der Waals surface area (Å²) >= 11 is 0. The molecule has 0 radical (unpaired) electrons. The number of benzene rings is 3. The first-order chi connectivity index (χ1) is 15.3. The molecule has 0 bridgehead atoms. The second-order valence-electron chi connectivity index (χ2n) is 7.46. The lowest BCUT2D eigenvalue weighted by Gasteiger charge is -2.14. The summed E-state index contributed by atoms with van der Waals surface area (Å²) in [5, 5.41) is 6.03. The van der Waals surface area contributed by atoms with Crippen LogP contribution in [0.3, 0.4) is 0 Å². The van der Waals surface area contributed by atoms with Crippen LogP contribution in [0.1, 0.15) is 35.1 Å². The third-order valence-corrected chi connectivity index (χ3v) is 5.40. The zero-order valence-corrected chi connectivity index (χ0v) is 17.7. The van der Waals surface area contributed by atoms with E-state index in [0.717, 1.165) is 18.7 Å². The Morgan fingerprint density at radius 2 is 1.68 bits per heavy atom. The van der Waals surface area contributed by atoms with Crippen LogP contribution in [0.4, 0.5) is 4.79 Å². The predicted molar refractivity (Wildman–Crippen MR) is 124 cm³/mol. The van der Waals surface area contributed by atoms with Gasteiger partial charge in [0.1, 0.15) is 6.61 Å². The van der Waals surface area contributed by atoms with Crippen LogP contribution in [-0.2, 0) is 11.3 Å². The van der Waals surface area contributed by atoms with Crippen molar-refractivity contribution in [1.82, 2.24) is 10.6 Å². The van der Waals surface area contributed by atoms with Crippen LogP contribution >= 0.6 is 0 Å². The highest BCUT2D eigenvalue weighted by Crippen LogP contribution is 2.44. The van der Waals surface area contributed by atoms with Crippen LogP contribution in [0.15, 0.2) is 72.8 Å². The summed E-state index contributed by atoms with van der Waals surface area (Å²) in [6.07, 6.45) is -0.447. The van der Waals surface area contributed by atoms with Crippen LogP contribution < -0.4 is 10.6 Å². The molecule has 0 atom stereocenters. The van der Waals surface area contributed by atoms with E-state index in [0.29, 0.717) is 6.61 Å². The van der Waals surface area contributed by atoms with E-state index in [-0.39, 0.29) is 12.5 Å². The fourth-order valence-corrected chi connectivity index (χ4v) is 3.94. The fraction of sp³-hybridized carbons (Fsp3) is 0.222. The molecule has 0 unspecified atom stereocenters. The van der Waals surface area contributed by atoms with Crippen molar-refractivity contribution in [2.24, 2.45) is 0 Å². The molecule has 4 rings (SSSR count). The quantitative estimate of drug-likeness (QED) is 0.580. The zero-order chi connectivity index (χ0) is 21.5. The van der Waals surface area contributed by atoms with Gasteiger partial charge in [-0.15, -0.1) is 0 Å². The molecule has 0 spiro atoms. The lowest BCUT2D eigenvalue weighted by atomic mass is 9.98. The van der Waals surface area contributed by atoms with E-state index in [1.165, 1.54) is 27.8 Å². The summed E-state index contributed by atoms with van der Waals surface area (Å²) in [6, 6.07) is 24.7. The maximum absolute atomic E-state index is 12.2. The van der Waals surface area contributed by atoms with Gasteiger partial charge >= 0.3 is 6.09 Å². The van der Waals surface area contributed by atoms with Crippen LogP contribution in [0.2, 0.25) is 0 Å². The van der Waals surface area contributed by atoms with Gasteiger partial charge in [0.05, 0.1) is 6.54 Å². The number of alkyl carbamates (subject to hydrolysis) is 1. The van der Waals surface area contributed by atoms with Gasteiger partial charge in [-0.25, -0.2) is 4.79 Å². The number of amides is 1. The molecule has 0 aliphatic heterocycles. The first kappa shape index (κ1) is 20.7. The van der Waals surface area contributed by atoms with Crippen LogP contribution in [-0.4, -0.2) is 25.8 Å². The molecule has 0 heterocycles. The maximum atomic E-state index is 12.2. The smallest absolute Gasteiger partial charge is 0.407 e. The number of nitrogens with one attached hydrogen (secondary N) is 2. The van der Waals surface area contributed by atoms with E-state index in [2.05, 4.69) is 65.8 Å². The average molecular weight is 411 g/mol. The SMILES string of the molecule is CCNCc1cccc(C#CCNC(=O)OCC2c3ccccc3-c3ccccc32)c1. The summed E-state index contributed by atoms with van der Waals surface area (Å²) in [7, 11) is 0. The monoisotopic (exact) mass is 410 g/mol. The molecular formula is C27H26N2O2. The third kappa shape index (κ3) is 4.96. The maximum Gasteiger partial charge on any atom is 0.407 e. The molecule has 31 heavy (non-hydrogen) atoms. The molecule has 0 fully saturated rings. The molecule has 0 saturated carbocycles. The van der Waals surface area contributed by atoms with Gasteiger partial charge in [0, 0.05) is 18.0 Å². The van der Waals surface area contributed by atoms with Gasteiger partial charge in [-0.05, 0) is 46.5 Å². The van der Waals surface area contributed by atoms with Crippen LogP contribution in [0.5, 0.6) is 0 Å². The van der Waals surface area contributed by atoms with Crippen molar-refractivity contribution < 1.29 is 9.53 Å². The summed E-state index contributed by atoms with van der Waals surface area (Å²) in [4.78, 5) is 12.2. The van der Waals surface area contributed by atoms with E-state index < -0.39 is 6.09 Å². The Morgan fingerprint density at radius 3 is 2.39 bits per heavy atom. The van der Waals surface area contributed by atoms with Crippen LogP contribution in [0.25, 0.3) is 11.1 Å². The normalized spacial score (nSPS) is 11.8. The number of carbonyl (C=O) groups excluding carboxylic acids is 1. The van der Waals surface area contributed by atoms with Gasteiger partial charge in [-0.1, -0.05) is 79.4 Å². The topological polar surface area (TPSA) is 50.4 Å². The number of ether oxygens (including phenoxy) is 1. The second-order valence-corrected chi connectivity index (χ2v) is 7.46. The summed E-state index contributed by atoms with van der Waals surface area (Å²) in [5.74, 6) is 6.14. The molecule has 1 amide bonds. The zero-order valence-electron chi connectivity index (χ0n) is 17.7. The standard InChI is InChI=1S/C27H26N2O2/c1-2-28-18-21-10-7-9-20(17-21)11-8-16-29-27(30)31-19-26-24-14-5-3-12-22(24)23-13-4-6-15-25(23)26/h3-7,9-10,12-15,17,26,28H,2,16,18-19H2,1H3,(H,29,30). The van der Waals surface area contributed by atoms with Crippen molar-refractivity contribution in [3.63, 3.8) is 0 Å². The molecule has 4 nitrogen and oxygen atoms in total. The highest BCUT2D eigenvalue weighted by molar-refractivity contribution is 5.79. The molecule has 1 aliphatic carbocycles. The minimum absolute atomic E-state index is 0.0590. The van der Waals surface area contributed by atoms with E-state index in [1.807, 2.05) is 36.4 Å². The summed E-state index contributed by atoms with van der Waals surface area (Å²) < 4.78 is 5.53. The third-order valence-electron chi connectivity index (χ3n) is 5.40. The van der Waals surface area contributed by atoms with Crippen LogP contribution in [0, 0.1) is 11.8 Å². The van der Waals surface area contributed by atoms with Crippen molar-refractivity contribution in [2.45, 2.75) is 19.4 Å². The molecule has 2 N–H and O–H groups in total. The Labute approximate surface area is 183 Å².